The van der Waals surface area contributed by atoms with E-state index in [-0.39, 0.29) is 60.2 Å². The number of aliphatic hydroxyl groups excluding tert-OH is 1. The quantitative estimate of drug-likeness (QED) is 0.405. The highest BCUT2D eigenvalue weighted by atomic mass is 32.2. The summed E-state index contributed by atoms with van der Waals surface area (Å²) in [6.07, 6.45) is 2.34. The van der Waals surface area contributed by atoms with Crippen molar-refractivity contribution in [2.75, 3.05) is 32.1 Å². The lowest BCUT2D eigenvalue weighted by Crippen LogP contribution is -2.48. The molecular weight excluding hydrogens is 550 g/mol. The first-order valence-corrected chi connectivity index (χ1v) is 14.7. The molecule has 2 aromatic heterocycles. The molecule has 12 nitrogen and oxygen atoms in total. The molecule has 1 aliphatic rings. The predicted molar refractivity (Wildman–Crippen MR) is 150 cm³/mol. The summed E-state index contributed by atoms with van der Waals surface area (Å²) in [5.41, 5.74) is 1.67. The van der Waals surface area contributed by atoms with Crippen LogP contribution in [0.15, 0.2) is 52.1 Å². The number of benzene rings is 1. The van der Waals surface area contributed by atoms with E-state index in [0.717, 1.165) is 0 Å². The first kappa shape index (κ1) is 30.2. The van der Waals surface area contributed by atoms with E-state index in [1.807, 2.05) is 6.92 Å². The number of pyridine rings is 1. The molecule has 220 valence electrons. The topological polar surface area (TPSA) is 155 Å². The van der Waals surface area contributed by atoms with Crippen LogP contribution in [-0.2, 0) is 21.2 Å². The standard InChI is InChI=1S/C28H35N5O7S/c1-17-14-33(18(2)16-34)26(35)13-22-12-23(30-28(36)21-8-10-29-11-9-21)6-7-24(22)39-25(17)15-32(5)41(37,38)27-19(3)31-40-20(27)4/h6-12,17-18,25,34H,13-16H2,1-5H3,(H,30,36)/t17-,18-,25-/m0/s1. The van der Waals surface area contributed by atoms with Gasteiger partial charge in [0.25, 0.3) is 5.91 Å². The second-order valence-corrected chi connectivity index (χ2v) is 12.3. The fourth-order valence-electron chi connectivity index (χ4n) is 4.78. The van der Waals surface area contributed by atoms with Crippen LogP contribution >= 0.6 is 0 Å². The van der Waals surface area contributed by atoms with Crippen molar-refractivity contribution in [3.8, 4) is 5.75 Å². The van der Waals surface area contributed by atoms with Crippen molar-refractivity contribution in [2.45, 2.75) is 51.2 Å². The number of nitrogens with zero attached hydrogens (tertiary/aromatic N) is 4. The Morgan fingerprint density at radius 2 is 1.95 bits per heavy atom. The summed E-state index contributed by atoms with van der Waals surface area (Å²) in [5.74, 6) is -0.280. The number of aryl methyl sites for hydroxylation is 2. The summed E-state index contributed by atoms with van der Waals surface area (Å²) < 4.78 is 39.6. The van der Waals surface area contributed by atoms with Crippen molar-refractivity contribution in [3.05, 3.63) is 65.3 Å². The number of aliphatic hydroxyl groups is 1. The minimum Gasteiger partial charge on any atom is -0.488 e. The molecule has 0 saturated heterocycles. The van der Waals surface area contributed by atoms with E-state index in [2.05, 4.69) is 15.5 Å². The molecular formula is C28H35N5O7S. The Hall–Kier alpha value is -3.81. The number of carbonyl (C=O) groups excluding carboxylic acids is 2. The first-order valence-electron chi connectivity index (χ1n) is 13.2. The smallest absolute Gasteiger partial charge is 0.255 e. The van der Waals surface area contributed by atoms with E-state index in [0.29, 0.717) is 22.6 Å². The Bertz CT molecular complexity index is 1490. The molecule has 1 aliphatic heterocycles. The molecule has 0 radical (unpaired) electrons. The number of hydrogen-bond donors (Lipinski definition) is 2. The van der Waals surface area contributed by atoms with Crippen LogP contribution < -0.4 is 10.1 Å². The van der Waals surface area contributed by atoms with Crippen molar-refractivity contribution in [1.82, 2.24) is 19.3 Å². The molecule has 1 aromatic carbocycles. The number of aromatic nitrogens is 2. The van der Waals surface area contributed by atoms with Gasteiger partial charge in [0, 0.05) is 48.7 Å². The second-order valence-electron chi connectivity index (χ2n) is 10.3. The van der Waals surface area contributed by atoms with E-state index >= 15 is 0 Å². The van der Waals surface area contributed by atoms with Crippen molar-refractivity contribution in [3.63, 3.8) is 0 Å². The van der Waals surface area contributed by atoms with Crippen molar-refractivity contribution in [1.29, 1.82) is 0 Å². The van der Waals surface area contributed by atoms with Gasteiger partial charge in [0.05, 0.1) is 25.6 Å². The summed E-state index contributed by atoms with van der Waals surface area (Å²) in [6.45, 7) is 6.71. The monoisotopic (exact) mass is 585 g/mol. The zero-order valence-electron chi connectivity index (χ0n) is 23.7. The fraction of sp³-hybridized carbons (Fsp3) is 0.429. The highest BCUT2D eigenvalue weighted by Gasteiger charge is 2.35. The Morgan fingerprint density at radius 3 is 2.59 bits per heavy atom. The number of fused-ring (bicyclic) bond motifs is 1. The van der Waals surface area contributed by atoms with Gasteiger partial charge >= 0.3 is 0 Å². The minimum absolute atomic E-state index is 0.0106. The van der Waals surface area contributed by atoms with Crippen LogP contribution in [0.3, 0.4) is 0 Å². The van der Waals surface area contributed by atoms with Crippen molar-refractivity contribution >= 4 is 27.5 Å². The van der Waals surface area contributed by atoms with Crippen LogP contribution in [0, 0.1) is 19.8 Å². The molecule has 4 rings (SSSR count). The minimum atomic E-state index is -3.95. The summed E-state index contributed by atoms with van der Waals surface area (Å²) in [7, 11) is -2.49. The van der Waals surface area contributed by atoms with Crippen LogP contribution in [0.5, 0.6) is 5.75 Å². The van der Waals surface area contributed by atoms with Gasteiger partial charge in [-0.15, -0.1) is 0 Å². The number of hydrogen-bond acceptors (Lipinski definition) is 9. The van der Waals surface area contributed by atoms with Crippen LogP contribution in [-0.4, -0.2) is 83.6 Å². The molecule has 3 aromatic rings. The van der Waals surface area contributed by atoms with E-state index in [4.69, 9.17) is 9.26 Å². The average Bonchev–Trinajstić information content (AvgIpc) is 3.31. The van der Waals surface area contributed by atoms with E-state index in [1.54, 1.807) is 56.0 Å². The first-order chi connectivity index (χ1) is 19.4. The maximum Gasteiger partial charge on any atom is 0.255 e. The van der Waals surface area contributed by atoms with Crippen LogP contribution in [0.1, 0.15) is 41.2 Å². The molecule has 2 amide bonds. The second kappa shape index (κ2) is 12.4. The number of sulfonamides is 1. The van der Waals surface area contributed by atoms with Gasteiger partial charge < -0.3 is 24.6 Å². The van der Waals surface area contributed by atoms with Crippen molar-refractivity contribution in [2.24, 2.45) is 5.92 Å². The van der Waals surface area contributed by atoms with E-state index in [9.17, 15) is 23.1 Å². The van der Waals surface area contributed by atoms with Gasteiger partial charge in [-0.3, -0.25) is 14.6 Å². The lowest BCUT2D eigenvalue weighted by Gasteiger charge is -2.33. The Labute approximate surface area is 239 Å². The molecule has 0 bridgehead atoms. The van der Waals surface area contributed by atoms with Crippen LogP contribution in [0.25, 0.3) is 0 Å². The predicted octanol–water partition coefficient (Wildman–Crippen LogP) is 2.41. The molecule has 2 N–H and O–H groups in total. The molecule has 0 unspecified atom stereocenters. The van der Waals surface area contributed by atoms with Gasteiger partial charge in [0.15, 0.2) is 5.76 Å². The number of rotatable bonds is 8. The van der Waals surface area contributed by atoms with Gasteiger partial charge in [0.2, 0.25) is 15.9 Å². The third-order valence-corrected chi connectivity index (χ3v) is 9.26. The summed E-state index contributed by atoms with van der Waals surface area (Å²) in [6, 6.07) is 7.72. The van der Waals surface area contributed by atoms with Gasteiger partial charge in [-0.1, -0.05) is 12.1 Å². The molecule has 0 spiro atoms. The van der Waals surface area contributed by atoms with Crippen molar-refractivity contribution < 1.29 is 32.4 Å². The number of nitrogens with one attached hydrogen (secondary N) is 1. The summed E-state index contributed by atoms with van der Waals surface area (Å²) in [5, 5.41) is 16.5. The van der Waals surface area contributed by atoms with E-state index in [1.165, 1.54) is 23.7 Å². The maximum atomic E-state index is 13.4. The van der Waals surface area contributed by atoms with Crippen LogP contribution in [0.2, 0.25) is 0 Å². The molecule has 13 heteroatoms. The Morgan fingerprint density at radius 1 is 1.24 bits per heavy atom. The lowest BCUT2D eigenvalue weighted by atomic mass is 10.0. The number of anilines is 1. The Balaban J connectivity index is 1.67. The third kappa shape index (κ3) is 6.58. The molecule has 0 saturated carbocycles. The average molecular weight is 586 g/mol. The third-order valence-electron chi connectivity index (χ3n) is 7.19. The molecule has 3 atom stereocenters. The number of carbonyl (C=O) groups is 2. The number of ether oxygens (including phenoxy) is 1. The number of amides is 2. The van der Waals surface area contributed by atoms with Gasteiger partial charge in [-0.05, 0) is 51.1 Å². The molecule has 0 fully saturated rings. The SMILES string of the molecule is Cc1noc(C)c1S(=O)(=O)N(C)C[C@@H]1Oc2ccc(NC(=O)c3ccncc3)cc2CC(=O)N([C@@H](C)CO)C[C@@H]1C. The highest BCUT2D eigenvalue weighted by molar-refractivity contribution is 7.89. The highest BCUT2D eigenvalue weighted by Crippen LogP contribution is 2.30. The van der Waals surface area contributed by atoms with E-state index < -0.39 is 22.2 Å². The number of likely N-dealkylation sites (N-methyl/N-ethyl adjacent to an activating group) is 1. The lowest BCUT2D eigenvalue weighted by molar-refractivity contribution is -0.134. The molecule has 41 heavy (non-hydrogen) atoms. The van der Waals surface area contributed by atoms with Gasteiger partial charge in [0.1, 0.15) is 22.4 Å². The fourth-order valence-corrected chi connectivity index (χ4v) is 6.25. The van der Waals surface area contributed by atoms with Gasteiger partial charge in [-0.25, -0.2) is 8.42 Å². The summed E-state index contributed by atoms with van der Waals surface area (Å²) >= 11 is 0. The normalized spacial score (nSPS) is 18.6. The largest absolute Gasteiger partial charge is 0.488 e. The zero-order valence-corrected chi connectivity index (χ0v) is 24.5. The van der Waals surface area contributed by atoms with Gasteiger partial charge in [-0.2, -0.15) is 4.31 Å². The molecule has 0 aliphatic carbocycles. The molecule has 3 heterocycles. The van der Waals surface area contributed by atoms with Crippen LogP contribution in [0.4, 0.5) is 5.69 Å². The Kier molecular flexibility index (Phi) is 9.10. The summed E-state index contributed by atoms with van der Waals surface area (Å²) in [4.78, 5) is 31.7. The maximum absolute atomic E-state index is 13.4. The zero-order chi connectivity index (χ0) is 29.9.